The summed E-state index contributed by atoms with van der Waals surface area (Å²) < 4.78 is 21.1. The van der Waals surface area contributed by atoms with Crippen molar-refractivity contribution in [2.45, 2.75) is 0 Å². The summed E-state index contributed by atoms with van der Waals surface area (Å²) in [6.07, 6.45) is 1.55. The summed E-state index contributed by atoms with van der Waals surface area (Å²) in [5.41, 5.74) is 1.17. The molecule has 0 aliphatic carbocycles. The summed E-state index contributed by atoms with van der Waals surface area (Å²) in [5, 5.41) is 0.606. The largest absolute Gasteiger partial charge is 0.493 e. The molecule has 2 aromatic carbocycles. The van der Waals surface area contributed by atoms with Crippen LogP contribution in [0, 0.1) is 0 Å². The Morgan fingerprint density at radius 1 is 1.04 bits per heavy atom. The normalized spacial score (nSPS) is 14.8. The summed E-state index contributed by atoms with van der Waals surface area (Å²) in [6, 6.07) is 8.39. The molecule has 0 amide bonds. The number of methoxy groups -OCH3 is 3. The van der Waals surface area contributed by atoms with Gasteiger partial charge in [0.1, 0.15) is 0 Å². The van der Waals surface area contributed by atoms with E-state index in [1.54, 1.807) is 36.4 Å². The van der Waals surface area contributed by atoms with Crippen molar-refractivity contribution in [1.82, 2.24) is 0 Å². The molecule has 0 aromatic heterocycles. The summed E-state index contributed by atoms with van der Waals surface area (Å²) in [7, 11) is 4.53. The van der Waals surface area contributed by atoms with Gasteiger partial charge in [-0.2, -0.15) is 0 Å². The zero-order chi connectivity index (χ0) is 19.6. The number of aliphatic imine (C=N–C) groups is 1. The minimum Gasteiger partial charge on any atom is -0.493 e. The van der Waals surface area contributed by atoms with E-state index in [0.29, 0.717) is 33.4 Å². The number of hydrogen-bond donors (Lipinski definition) is 0. The van der Waals surface area contributed by atoms with Crippen LogP contribution >= 0.6 is 23.2 Å². The monoisotopic (exact) mass is 407 g/mol. The quantitative estimate of drug-likeness (QED) is 0.543. The molecule has 0 saturated heterocycles. The third kappa shape index (κ3) is 3.72. The zero-order valence-corrected chi connectivity index (χ0v) is 16.2. The third-order valence-corrected chi connectivity index (χ3v) is 4.61. The van der Waals surface area contributed by atoms with Gasteiger partial charge < -0.3 is 18.9 Å². The first-order chi connectivity index (χ1) is 13.0. The maximum Gasteiger partial charge on any atom is 0.363 e. The topological polar surface area (TPSA) is 66.4 Å². The molecule has 0 fully saturated rings. The first-order valence-electron chi connectivity index (χ1n) is 7.75. The standard InChI is InChI=1S/C19H15Cl2NO5/c1-24-14-8-10(9-15(25-2)17(14)26-3)7-13-19(23)27-18(22-13)11-5-4-6-12(20)16(11)21/h4-9H,1-3H3/b13-7+. The lowest BCUT2D eigenvalue weighted by molar-refractivity contribution is -0.129. The van der Waals surface area contributed by atoms with Gasteiger partial charge in [0, 0.05) is 0 Å². The molecule has 1 heterocycles. The van der Waals surface area contributed by atoms with E-state index in [0.717, 1.165) is 0 Å². The first-order valence-corrected chi connectivity index (χ1v) is 8.51. The predicted molar refractivity (Wildman–Crippen MR) is 103 cm³/mol. The van der Waals surface area contributed by atoms with Crippen molar-refractivity contribution in [2.75, 3.05) is 21.3 Å². The van der Waals surface area contributed by atoms with Gasteiger partial charge in [-0.3, -0.25) is 0 Å². The van der Waals surface area contributed by atoms with E-state index in [-0.39, 0.29) is 16.6 Å². The van der Waals surface area contributed by atoms with E-state index in [1.165, 1.54) is 21.3 Å². The Balaban J connectivity index is 2.03. The number of esters is 1. The first kappa shape index (κ1) is 19.1. The second-order valence-corrected chi connectivity index (χ2v) is 6.18. The fourth-order valence-electron chi connectivity index (χ4n) is 2.54. The molecule has 8 heteroatoms. The van der Waals surface area contributed by atoms with Gasteiger partial charge in [-0.15, -0.1) is 0 Å². The molecule has 27 heavy (non-hydrogen) atoms. The lowest BCUT2D eigenvalue weighted by atomic mass is 10.1. The summed E-state index contributed by atoms with van der Waals surface area (Å²) >= 11 is 12.2. The second kappa shape index (κ2) is 7.90. The van der Waals surface area contributed by atoms with Gasteiger partial charge in [0.25, 0.3) is 0 Å². The Kier molecular flexibility index (Phi) is 5.58. The third-order valence-electron chi connectivity index (χ3n) is 3.79. The van der Waals surface area contributed by atoms with Crippen LogP contribution in [-0.2, 0) is 9.53 Å². The highest BCUT2D eigenvalue weighted by Gasteiger charge is 2.26. The van der Waals surface area contributed by atoms with Crippen molar-refractivity contribution >= 4 is 41.1 Å². The lowest BCUT2D eigenvalue weighted by Crippen LogP contribution is -2.06. The summed E-state index contributed by atoms with van der Waals surface area (Å²) in [6.45, 7) is 0. The molecule has 6 nitrogen and oxygen atoms in total. The van der Waals surface area contributed by atoms with Crippen molar-refractivity contribution in [3.63, 3.8) is 0 Å². The number of carbonyl (C=O) groups is 1. The fourth-order valence-corrected chi connectivity index (χ4v) is 2.92. The molecule has 2 aromatic rings. The van der Waals surface area contributed by atoms with Crippen LogP contribution in [0.15, 0.2) is 41.0 Å². The van der Waals surface area contributed by atoms with E-state index in [2.05, 4.69) is 4.99 Å². The van der Waals surface area contributed by atoms with Crippen molar-refractivity contribution in [2.24, 2.45) is 4.99 Å². The summed E-state index contributed by atoms with van der Waals surface area (Å²) in [4.78, 5) is 16.5. The molecule has 140 valence electrons. The molecule has 0 saturated carbocycles. The molecular formula is C19H15Cl2NO5. The minimum absolute atomic E-state index is 0.0891. The van der Waals surface area contributed by atoms with Crippen molar-refractivity contribution in [3.05, 3.63) is 57.2 Å². The van der Waals surface area contributed by atoms with E-state index in [4.69, 9.17) is 42.1 Å². The molecule has 0 bridgehead atoms. The Labute approximate surface area is 165 Å². The van der Waals surface area contributed by atoms with Gasteiger partial charge in [-0.1, -0.05) is 29.3 Å². The SMILES string of the molecule is COc1cc(/C=C2/N=C(c3cccc(Cl)c3Cl)OC2=O)cc(OC)c1OC. The second-order valence-electron chi connectivity index (χ2n) is 5.40. The number of halogens is 2. The highest BCUT2D eigenvalue weighted by molar-refractivity contribution is 6.44. The van der Waals surface area contributed by atoms with Crippen molar-refractivity contribution in [1.29, 1.82) is 0 Å². The van der Waals surface area contributed by atoms with Crippen LogP contribution in [0.3, 0.4) is 0 Å². The van der Waals surface area contributed by atoms with Gasteiger partial charge >= 0.3 is 5.97 Å². The fraction of sp³-hybridized carbons (Fsp3) is 0.158. The van der Waals surface area contributed by atoms with E-state index < -0.39 is 5.97 Å². The van der Waals surface area contributed by atoms with Crippen LogP contribution in [0.25, 0.3) is 6.08 Å². The molecule has 0 N–H and O–H groups in total. The van der Waals surface area contributed by atoms with E-state index in [9.17, 15) is 4.79 Å². The Bertz CT molecular complexity index is 944. The number of hydrogen-bond acceptors (Lipinski definition) is 6. The predicted octanol–water partition coefficient (Wildman–Crippen LogP) is 4.36. The van der Waals surface area contributed by atoms with Crippen LogP contribution in [0.5, 0.6) is 17.2 Å². The lowest BCUT2D eigenvalue weighted by Gasteiger charge is -2.12. The molecule has 0 unspecified atom stereocenters. The number of carbonyl (C=O) groups excluding carboxylic acids is 1. The Morgan fingerprint density at radius 3 is 2.30 bits per heavy atom. The van der Waals surface area contributed by atoms with Crippen molar-refractivity contribution in [3.8, 4) is 17.2 Å². The van der Waals surface area contributed by atoms with E-state index in [1.807, 2.05) is 0 Å². The average Bonchev–Trinajstić information content (AvgIpc) is 3.03. The number of rotatable bonds is 5. The van der Waals surface area contributed by atoms with Crippen LogP contribution in [-0.4, -0.2) is 33.2 Å². The number of ether oxygens (including phenoxy) is 4. The molecule has 0 radical (unpaired) electrons. The Morgan fingerprint density at radius 2 is 1.70 bits per heavy atom. The Hall–Kier alpha value is -2.70. The molecule has 0 spiro atoms. The minimum atomic E-state index is -0.602. The number of benzene rings is 2. The summed E-state index contributed by atoms with van der Waals surface area (Å²) in [5.74, 6) is 0.848. The maximum atomic E-state index is 12.2. The van der Waals surface area contributed by atoms with Gasteiger partial charge in [-0.05, 0) is 35.9 Å². The zero-order valence-electron chi connectivity index (χ0n) is 14.7. The molecular weight excluding hydrogens is 393 g/mol. The van der Waals surface area contributed by atoms with Crippen molar-refractivity contribution < 1.29 is 23.7 Å². The van der Waals surface area contributed by atoms with Gasteiger partial charge in [-0.25, -0.2) is 9.79 Å². The number of nitrogens with zero attached hydrogens (tertiary/aromatic N) is 1. The highest BCUT2D eigenvalue weighted by Crippen LogP contribution is 2.39. The molecule has 0 atom stereocenters. The van der Waals surface area contributed by atoms with Crippen LogP contribution in [0.2, 0.25) is 10.0 Å². The van der Waals surface area contributed by atoms with Crippen LogP contribution in [0.4, 0.5) is 0 Å². The average molecular weight is 408 g/mol. The maximum absolute atomic E-state index is 12.2. The smallest absolute Gasteiger partial charge is 0.363 e. The van der Waals surface area contributed by atoms with Gasteiger partial charge in [0.15, 0.2) is 17.2 Å². The number of cyclic esters (lactones) is 1. The van der Waals surface area contributed by atoms with Crippen LogP contribution in [0.1, 0.15) is 11.1 Å². The highest BCUT2D eigenvalue weighted by atomic mass is 35.5. The van der Waals surface area contributed by atoms with E-state index >= 15 is 0 Å². The molecule has 1 aliphatic heterocycles. The molecule has 1 aliphatic rings. The van der Waals surface area contributed by atoms with Gasteiger partial charge in [0.2, 0.25) is 11.6 Å². The van der Waals surface area contributed by atoms with Gasteiger partial charge in [0.05, 0.1) is 36.9 Å². The molecule has 3 rings (SSSR count). The van der Waals surface area contributed by atoms with Crippen LogP contribution < -0.4 is 14.2 Å².